The Hall–Kier alpha value is -3.82. The summed E-state index contributed by atoms with van der Waals surface area (Å²) in [6.07, 6.45) is 1.11. The smallest absolute Gasteiger partial charge is 0.267 e. The standard InChI is InChI=1S/C23H23F2N5O3/c1-33-16-4-3-14-11-17(22(32)28-15-5-8-27-19(12-15)20(26)31)21(29-18(14)13-16)30-9-2-6-23(24,25)7-10-30/h3-5,8,11-13H,2,6-7,9-10H2,1H3,(H2,26,31)(H,27,28,32). The second kappa shape index (κ2) is 8.97. The summed E-state index contributed by atoms with van der Waals surface area (Å²) >= 11 is 0. The molecule has 1 aromatic carbocycles. The van der Waals surface area contributed by atoms with E-state index in [0.717, 1.165) is 0 Å². The van der Waals surface area contributed by atoms with Gasteiger partial charge in [-0.15, -0.1) is 0 Å². The highest BCUT2D eigenvalue weighted by Crippen LogP contribution is 2.32. The van der Waals surface area contributed by atoms with Gasteiger partial charge in [-0.1, -0.05) is 0 Å². The number of aromatic nitrogens is 2. The second-order valence-corrected chi connectivity index (χ2v) is 7.86. The Morgan fingerprint density at radius 3 is 2.73 bits per heavy atom. The molecule has 0 aliphatic carbocycles. The van der Waals surface area contributed by atoms with Crippen LogP contribution in [0.5, 0.6) is 5.75 Å². The van der Waals surface area contributed by atoms with Gasteiger partial charge in [0.05, 0.1) is 18.2 Å². The molecule has 0 radical (unpaired) electrons. The number of pyridine rings is 2. The van der Waals surface area contributed by atoms with E-state index in [1.807, 2.05) is 0 Å². The molecule has 3 N–H and O–H groups in total. The first-order valence-electron chi connectivity index (χ1n) is 10.4. The predicted octanol–water partition coefficient (Wildman–Crippen LogP) is 3.62. The number of primary amides is 1. The normalized spacial score (nSPS) is 15.7. The molecule has 0 bridgehead atoms. The van der Waals surface area contributed by atoms with Gasteiger partial charge >= 0.3 is 0 Å². The summed E-state index contributed by atoms with van der Waals surface area (Å²) in [4.78, 5) is 34.9. The van der Waals surface area contributed by atoms with Gasteiger partial charge in [-0.3, -0.25) is 14.6 Å². The minimum absolute atomic E-state index is 0.00602. The van der Waals surface area contributed by atoms with Crippen molar-refractivity contribution in [1.82, 2.24) is 9.97 Å². The molecule has 0 spiro atoms. The quantitative estimate of drug-likeness (QED) is 0.608. The minimum atomic E-state index is -2.75. The molecule has 1 fully saturated rings. The monoisotopic (exact) mass is 455 g/mol. The summed E-state index contributed by atoms with van der Waals surface area (Å²) in [7, 11) is 1.54. The lowest BCUT2D eigenvalue weighted by Gasteiger charge is -2.24. The average molecular weight is 455 g/mol. The number of carbonyl (C=O) groups is 2. The van der Waals surface area contributed by atoms with Crippen LogP contribution < -0.4 is 20.7 Å². The highest BCUT2D eigenvalue weighted by molar-refractivity contribution is 6.10. The Bertz CT molecular complexity index is 1220. The van der Waals surface area contributed by atoms with Gasteiger partial charge in [0.2, 0.25) is 5.92 Å². The maximum atomic E-state index is 14.0. The first kappa shape index (κ1) is 22.4. The molecular weight excluding hydrogens is 432 g/mol. The molecule has 33 heavy (non-hydrogen) atoms. The molecular formula is C23H23F2N5O3. The molecule has 1 saturated heterocycles. The molecule has 172 valence electrons. The molecule has 0 saturated carbocycles. The lowest BCUT2D eigenvalue weighted by Crippen LogP contribution is -2.29. The van der Waals surface area contributed by atoms with Crippen molar-refractivity contribution in [2.24, 2.45) is 5.73 Å². The number of hydrogen-bond donors (Lipinski definition) is 2. The van der Waals surface area contributed by atoms with Crippen molar-refractivity contribution in [3.05, 3.63) is 53.9 Å². The van der Waals surface area contributed by atoms with Crippen LogP contribution in [0, 0.1) is 0 Å². The number of hydrogen-bond acceptors (Lipinski definition) is 6. The minimum Gasteiger partial charge on any atom is -0.497 e. The lowest BCUT2D eigenvalue weighted by molar-refractivity contribution is -0.0102. The Morgan fingerprint density at radius 2 is 1.97 bits per heavy atom. The number of anilines is 2. The van der Waals surface area contributed by atoms with Gasteiger partial charge in [0.15, 0.2) is 0 Å². The van der Waals surface area contributed by atoms with Crippen LogP contribution in [0.1, 0.15) is 40.1 Å². The van der Waals surface area contributed by atoms with Gasteiger partial charge in [0.25, 0.3) is 11.8 Å². The topological polar surface area (TPSA) is 110 Å². The van der Waals surface area contributed by atoms with Crippen LogP contribution in [0.2, 0.25) is 0 Å². The van der Waals surface area contributed by atoms with Crippen LogP contribution in [0.25, 0.3) is 10.9 Å². The SMILES string of the molecule is COc1ccc2cc(C(=O)Nc3ccnc(C(N)=O)c3)c(N3CCCC(F)(F)CC3)nc2c1. The van der Waals surface area contributed by atoms with E-state index in [2.05, 4.69) is 15.3 Å². The van der Waals surface area contributed by atoms with Crippen molar-refractivity contribution in [3.63, 3.8) is 0 Å². The first-order chi connectivity index (χ1) is 15.8. The number of rotatable bonds is 5. The largest absolute Gasteiger partial charge is 0.497 e. The van der Waals surface area contributed by atoms with E-state index in [-0.39, 0.29) is 37.1 Å². The van der Waals surface area contributed by atoms with Gasteiger partial charge in [0, 0.05) is 49.3 Å². The van der Waals surface area contributed by atoms with E-state index in [4.69, 9.17) is 10.5 Å². The Morgan fingerprint density at radius 1 is 1.15 bits per heavy atom. The average Bonchev–Trinajstić information content (AvgIpc) is 2.98. The van der Waals surface area contributed by atoms with Crippen molar-refractivity contribution in [2.75, 3.05) is 30.4 Å². The summed E-state index contributed by atoms with van der Waals surface area (Å²) in [5.74, 6) is -3.06. The molecule has 1 aliphatic heterocycles. The lowest BCUT2D eigenvalue weighted by atomic mass is 10.1. The van der Waals surface area contributed by atoms with Gasteiger partial charge in [-0.25, -0.2) is 13.8 Å². The summed E-state index contributed by atoms with van der Waals surface area (Å²) < 4.78 is 33.2. The molecule has 3 aromatic rings. The molecule has 10 heteroatoms. The van der Waals surface area contributed by atoms with E-state index in [9.17, 15) is 18.4 Å². The van der Waals surface area contributed by atoms with Crippen LogP contribution >= 0.6 is 0 Å². The first-order valence-corrected chi connectivity index (χ1v) is 10.4. The number of fused-ring (bicyclic) bond motifs is 1. The molecule has 0 unspecified atom stereocenters. The van der Waals surface area contributed by atoms with E-state index in [0.29, 0.717) is 34.7 Å². The maximum absolute atomic E-state index is 14.0. The van der Waals surface area contributed by atoms with Crippen LogP contribution in [0.15, 0.2) is 42.6 Å². The summed E-state index contributed by atoms with van der Waals surface area (Å²) in [6, 6.07) is 9.82. The van der Waals surface area contributed by atoms with Crippen molar-refractivity contribution in [2.45, 2.75) is 25.2 Å². The van der Waals surface area contributed by atoms with Gasteiger partial charge in [-0.05, 0) is 36.8 Å². The van der Waals surface area contributed by atoms with Crippen molar-refractivity contribution in [1.29, 1.82) is 0 Å². The fourth-order valence-corrected chi connectivity index (χ4v) is 3.79. The zero-order valence-electron chi connectivity index (χ0n) is 18.0. The number of nitrogens with two attached hydrogens (primary N) is 1. The fraction of sp³-hybridized carbons (Fsp3) is 0.304. The second-order valence-electron chi connectivity index (χ2n) is 7.86. The van der Waals surface area contributed by atoms with E-state index < -0.39 is 17.7 Å². The van der Waals surface area contributed by atoms with E-state index in [1.54, 1.807) is 29.2 Å². The Balaban J connectivity index is 1.75. The van der Waals surface area contributed by atoms with E-state index in [1.165, 1.54) is 25.4 Å². The third kappa shape index (κ3) is 5.00. The molecule has 4 rings (SSSR count). The van der Waals surface area contributed by atoms with Crippen molar-refractivity contribution >= 4 is 34.2 Å². The number of amides is 2. The molecule has 0 atom stereocenters. The Kier molecular flexibility index (Phi) is 6.08. The molecule has 2 amide bonds. The highest BCUT2D eigenvalue weighted by Gasteiger charge is 2.33. The zero-order valence-corrected chi connectivity index (χ0v) is 18.0. The number of methoxy groups -OCH3 is 1. The molecule has 2 aromatic heterocycles. The number of ether oxygens (including phenoxy) is 1. The van der Waals surface area contributed by atoms with Crippen LogP contribution in [0.3, 0.4) is 0 Å². The molecule has 3 heterocycles. The van der Waals surface area contributed by atoms with Crippen molar-refractivity contribution in [3.8, 4) is 5.75 Å². The Labute approximate surface area is 188 Å². The summed E-state index contributed by atoms with van der Waals surface area (Å²) in [6.45, 7) is 0.413. The van der Waals surface area contributed by atoms with Crippen LogP contribution in [0.4, 0.5) is 20.3 Å². The van der Waals surface area contributed by atoms with Crippen LogP contribution in [-0.4, -0.2) is 47.9 Å². The molecule has 1 aliphatic rings. The zero-order chi connectivity index (χ0) is 23.6. The summed E-state index contributed by atoms with van der Waals surface area (Å²) in [5, 5.41) is 3.42. The fourth-order valence-electron chi connectivity index (χ4n) is 3.79. The van der Waals surface area contributed by atoms with Gasteiger partial charge in [0.1, 0.15) is 17.3 Å². The highest BCUT2D eigenvalue weighted by atomic mass is 19.3. The summed E-state index contributed by atoms with van der Waals surface area (Å²) in [5.41, 5.74) is 6.41. The number of nitrogens with zero attached hydrogens (tertiary/aromatic N) is 3. The van der Waals surface area contributed by atoms with Gasteiger partial charge < -0.3 is 20.7 Å². The number of benzene rings is 1. The number of halogens is 2. The van der Waals surface area contributed by atoms with E-state index >= 15 is 0 Å². The predicted molar refractivity (Wildman–Crippen MR) is 120 cm³/mol. The number of alkyl halides is 2. The number of carbonyl (C=O) groups excluding carboxylic acids is 2. The number of nitrogens with one attached hydrogen (secondary N) is 1. The van der Waals surface area contributed by atoms with Crippen LogP contribution in [-0.2, 0) is 0 Å². The maximum Gasteiger partial charge on any atom is 0.267 e. The molecule has 8 nitrogen and oxygen atoms in total. The third-order valence-electron chi connectivity index (χ3n) is 5.54. The third-order valence-corrected chi connectivity index (χ3v) is 5.54. The van der Waals surface area contributed by atoms with Gasteiger partial charge in [-0.2, -0.15) is 0 Å². The van der Waals surface area contributed by atoms with Crippen molar-refractivity contribution < 1.29 is 23.1 Å².